The maximum Gasteiger partial charge on any atom is 0.149 e. The van der Waals surface area contributed by atoms with Crippen molar-refractivity contribution in [3.8, 4) is 10.6 Å². The highest BCUT2D eigenvalue weighted by atomic mass is 35.5. The Hall–Kier alpha value is -1.05. The van der Waals surface area contributed by atoms with Crippen LogP contribution < -0.4 is 5.73 Å². The van der Waals surface area contributed by atoms with E-state index in [2.05, 4.69) is 5.10 Å². The van der Waals surface area contributed by atoms with Crippen LogP contribution in [-0.2, 0) is 16.4 Å². The van der Waals surface area contributed by atoms with Gasteiger partial charge in [-0.15, -0.1) is 11.3 Å². The number of nitrogen functional groups attached to an aromatic ring is 1. The van der Waals surface area contributed by atoms with Gasteiger partial charge in [0.25, 0.3) is 0 Å². The number of nitrogens with zero attached hydrogens (tertiary/aromatic N) is 2. The number of thiophene rings is 1. The zero-order chi connectivity index (χ0) is 13.3. The molecule has 8 heteroatoms. The average molecular weight is 306 g/mol. The highest BCUT2D eigenvalue weighted by Gasteiger charge is 2.12. The van der Waals surface area contributed by atoms with Crippen LogP contribution in [0.3, 0.4) is 0 Å². The summed E-state index contributed by atoms with van der Waals surface area (Å²) < 4.78 is 24.4. The highest BCUT2D eigenvalue weighted by molar-refractivity contribution is 7.90. The molecule has 0 aliphatic carbocycles. The van der Waals surface area contributed by atoms with Gasteiger partial charge in [-0.2, -0.15) is 5.10 Å². The SMILES string of the molecule is CS(=O)(=O)CCn1cc(N)c(-c2ccc(Cl)s2)n1. The van der Waals surface area contributed by atoms with Gasteiger partial charge in [0.05, 0.1) is 27.2 Å². The van der Waals surface area contributed by atoms with Crippen molar-refractivity contribution < 1.29 is 8.42 Å². The van der Waals surface area contributed by atoms with E-state index in [-0.39, 0.29) is 5.75 Å². The van der Waals surface area contributed by atoms with Gasteiger partial charge in [0.2, 0.25) is 0 Å². The molecule has 0 bridgehead atoms. The third-order valence-corrected chi connectivity index (χ3v) is 4.45. The van der Waals surface area contributed by atoms with E-state index < -0.39 is 9.84 Å². The van der Waals surface area contributed by atoms with Crippen LogP contribution in [0.4, 0.5) is 5.69 Å². The molecule has 2 heterocycles. The largest absolute Gasteiger partial charge is 0.396 e. The van der Waals surface area contributed by atoms with Crippen LogP contribution in [0.2, 0.25) is 4.34 Å². The van der Waals surface area contributed by atoms with Crippen LogP contribution in [0, 0.1) is 0 Å². The van der Waals surface area contributed by atoms with Crippen molar-refractivity contribution in [3.63, 3.8) is 0 Å². The number of hydrogen-bond acceptors (Lipinski definition) is 5. The van der Waals surface area contributed by atoms with Crippen molar-refractivity contribution in [2.75, 3.05) is 17.7 Å². The first-order valence-electron chi connectivity index (χ1n) is 5.11. The second-order valence-corrected chi connectivity index (χ2v) is 7.90. The topological polar surface area (TPSA) is 78.0 Å². The maximum absolute atomic E-state index is 11.1. The van der Waals surface area contributed by atoms with Gasteiger partial charge in [-0.3, -0.25) is 4.68 Å². The lowest BCUT2D eigenvalue weighted by molar-refractivity contribution is 0.586. The summed E-state index contributed by atoms with van der Waals surface area (Å²) >= 11 is 7.24. The molecule has 2 rings (SSSR count). The fourth-order valence-electron chi connectivity index (χ4n) is 1.44. The van der Waals surface area contributed by atoms with Gasteiger partial charge in [0.1, 0.15) is 15.5 Å². The molecule has 0 amide bonds. The van der Waals surface area contributed by atoms with Crippen LogP contribution in [0.25, 0.3) is 10.6 Å². The van der Waals surface area contributed by atoms with E-state index in [0.717, 1.165) is 4.88 Å². The Morgan fingerprint density at radius 3 is 2.78 bits per heavy atom. The summed E-state index contributed by atoms with van der Waals surface area (Å²) in [5.74, 6) is 0.0404. The molecule has 0 fully saturated rings. The molecule has 0 radical (unpaired) electrons. The Balaban J connectivity index is 2.22. The number of sulfone groups is 1. The van der Waals surface area contributed by atoms with Crippen molar-refractivity contribution in [3.05, 3.63) is 22.7 Å². The molecule has 0 atom stereocenters. The first-order chi connectivity index (χ1) is 8.35. The quantitative estimate of drug-likeness (QED) is 0.935. The Bertz CT molecular complexity index is 660. The minimum atomic E-state index is -3.01. The number of halogens is 1. The highest BCUT2D eigenvalue weighted by Crippen LogP contribution is 2.33. The average Bonchev–Trinajstić information content (AvgIpc) is 2.81. The second-order valence-electron chi connectivity index (χ2n) is 3.93. The number of nitrogens with two attached hydrogens (primary N) is 1. The van der Waals surface area contributed by atoms with E-state index >= 15 is 0 Å². The number of anilines is 1. The summed E-state index contributed by atoms with van der Waals surface area (Å²) in [6.45, 7) is 0.294. The summed E-state index contributed by atoms with van der Waals surface area (Å²) in [4.78, 5) is 0.871. The van der Waals surface area contributed by atoms with Gasteiger partial charge < -0.3 is 5.73 Å². The molecule has 5 nitrogen and oxygen atoms in total. The Morgan fingerprint density at radius 1 is 1.50 bits per heavy atom. The van der Waals surface area contributed by atoms with Crippen molar-refractivity contribution in [2.45, 2.75) is 6.54 Å². The van der Waals surface area contributed by atoms with Crippen LogP contribution in [-0.4, -0.2) is 30.2 Å². The lowest BCUT2D eigenvalue weighted by atomic mass is 10.3. The standard InChI is InChI=1S/C10H12ClN3O2S2/c1-18(15,16)5-4-14-6-7(12)10(13-14)8-2-3-9(11)17-8/h2-3,6H,4-5,12H2,1H3. The summed E-state index contributed by atoms with van der Waals surface area (Å²) in [6, 6.07) is 3.61. The van der Waals surface area contributed by atoms with Gasteiger partial charge in [0.15, 0.2) is 0 Å². The van der Waals surface area contributed by atoms with Gasteiger partial charge >= 0.3 is 0 Å². The molecule has 0 saturated carbocycles. The molecule has 0 aliphatic heterocycles. The molecule has 18 heavy (non-hydrogen) atoms. The zero-order valence-corrected chi connectivity index (χ0v) is 12.0. The van der Waals surface area contributed by atoms with Crippen LogP contribution in [0.1, 0.15) is 0 Å². The van der Waals surface area contributed by atoms with Gasteiger partial charge in [0, 0.05) is 12.5 Å². The van der Waals surface area contributed by atoms with E-state index in [1.807, 2.05) is 6.07 Å². The maximum atomic E-state index is 11.1. The first kappa shape index (κ1) is 13.4. The number of aryl methyl sites for hydroxylation is 1. The second kappa shape index (κ2) is 4.91. The van der Waals surface area contributed by atoms with Crippen LogP contribution in [0.15, 0.2) is 18.3 Å². The Labute approximate surface area is 114 Å². The lowest BCUT2D eigenvalue weighted by Gasteiger charge is -1.98. The molecular weight excluding hydrogens is 294 g/mol. The van der Waals surface area contributed by atoms with E-state index in [1.165, 1.54) is 17.6 Å². The zero-order valence-electron chi connectivity index (χ0n) is 9.63. The van der Waals surface area contributed by atoms with Crippen molar-refractivity contribution in [1.82, 2.24) is 9.78 Å². The molecular formula is C10H12ClN3O2S2. The predicted octanol–water partition coefficient (Wildman–Crippen LogP) is 1.89. The molecule has 0 aliphatic rings. The van der Waals surface area contributed by atoms with Crippen molar-refractivity contribution >= 4 is 38.5 Å². The molecule has 0 unspecified atom stereocenters. The number of aromatic nitrogens is 2. The fourth-order valence-corrected chi connectivity index (χ4v) is 3.01. The molecule has 98 valence electrons. The lowest BCUT2D eigenvalue weighted by Crippen LogP contribution is -2.11. The summed E-state index contributed by atoms with van der Waals surface area (Å²) in [7, 11) is -3.01. The Morgan fingerprint density at radius 2 is 2.22 bits per heavy atom. The smallest absolute Gasteiger partial charge is 0.149 e. The summed E-state index contributed by atoms with van der Waals surface area (Å²) in [6.07, 6.45) is 2.83. The van der Waals surface area contributed by atoms with Crippen molar-refractivity contribution in [2.24, 2.45) is 0 Å². The molecule has 2 N–H and O–H groups in total. The number of hydrogen-bond donors (Lipinski definition) is 1. The normalized spacial score (nSPS) is 11.9. The third kappa shape index (κ3) is 3.24. The van der Waals surface area contributed by atoms with E-state index in [1.54, 1.807) is 16.9 Å². The minimum Gasteiger partial charge on any atom is -0.396 e. The minimum absolute atomic E-state index is 0.0404. The monoisotopic (exact) mass is 305 g/mol. The third-order valence-electron chi connectivity index (χ3n) is 2.29. The Kier molecular flexibility index (Phi) is 3.65. The molecule has 0 saturated heterocycles. The molecule has 0 aromatic carbocycles. The van der Waals surface area contributed by atoms with Crippen LogP contribution >= 0.6 is 22.9 Å². The predicted molar refractivity (Wildman–Crippen MR) is 74.7 cm³/mol. The van der Waals surface area contributed by atoms with Gasteiger partial charge in [-0.1, -0.05) is 11.6 Å². The molecule has 2 aromatic rings. The van der Waals surface area contributed by atoms with E-state index in [9.17, 15) is 8.42 Å². The fraction of sp³-hybridized carbons (Fsp3) is 0.300. The summed E-state index contributed by atoms with van der Waals surface area (Å²) in [5, 5.41) is 4.28. The van der Waals surface area contributed by atoms with Gasteiger partial charge in [-0.05, 0) is 12.1 Å². The van der Waals surface area contributed by atoms with Crippen LogP contribution in [0.5, 0.6) is 0 Å². The molecule has 2 aromatic heterocycles. The van der Waals surface area contributed by atoms with E-state index in [0.29, 0.717) is 22.3 Å². The summed E-state index contributed by atoms with van der Waals surface area (Å²) in [5.41, 5.74) is 7.01. The molecule has 0 spiro atoms. The first-order valence-corrected chi connectivity index (χ1v) is 8.37. The number of rotatable bonds is 4. The van der Waals surface area contributed by atoms with E-state index in [4.69, 9.17) is 17.3 Å². The van der Waals surface area contributed by atoms with Gasteiger partial charge in [-0.25, -0.2) is 8.42 Å². The van der Waals surface area contributed by atoms with Crippen molar-refractivity contribution in [1.29, 1.82) is 0 Å².